The third kappa shape index (κ3) is 3.23. The molecule has 0 spiro atoms. The molecular formula is C18H15NO4. The maximum absolute atomic E-state index is 11.8. The molecule has 3 rings (SSSR count). The lowest BCUT2D eigenvalue weighted by Crippen LogP contribution is -2.07. The van der Waals surface area contributed by atoms with E-state index in [1.165, 1.54) is 6.07 Å². The summed E-state index contributed by atoms with van der Waals surface area (Å²) in [4.78, 5) is 11.8. The molecule has 1 heterocycles. The molecule has 0 saturated heterocycles. The molecule has 0 amide bonds. The Hall–Kier alpha value is -3.08. The average molecular weight is 309 g/mol. The number of hydrogen-bond acceptors (Lipinski definition) is 5. The highest BCUT2D eigenvalue weighted by atomic mass is 16.5. The predicted octanol–water partition coefficient (Wildman–Crippen LogP) is 3.69. The number of nitrogens with zero attached hydrogens (tertiary/aromatic N) is 1. The van der Waals surface area contributed by atoms with Crippen molar-refractivity contribution in [1.29, 1.82) is 0 Å². The average Bonchev–Trinajstić information content (AvgIpc) is 2.59. The van der Waals surface area contributed by atoms with Gasteiger partial charge in [0.2, 0.25) is 0 Å². The standard InChI is InChI=1S/C18H15NO4/c1-12(19-21)11-22-14-7-8-15-16(13-5-3-2-4-6-13)10-18(20)23-17(15)9-14/h2-10,21H,11H2,1H3/b19-12+. The molecule has 0 saturated carbocycles. The Morgan fingerprint density at radius 2 is 1.96 bits per heavy atom. The molecule has 0 fully saturated rings. The van der Waals surface area contributed by atoms with E-state index in [1.807, 2.05) is 36.4 Å². The highest BCUT2D eigenvalue weighted by Crippen LogP contribution is 2.29. The third-order valence-corrected chi connectivity index (χ3v) is 3.42. The summed E-state index contributed by atoms with van der Waals surface area (Å²) in [6, 6.07) is 16.4. The van der Waals surface area contributed by atoms with E-state index in [9.17, 15) is 4.79 Å². The molecule has 0 radical (unpaired) electrons. The van der Waals surface area contributed by atoms with Crippen LogP contribution in [0, 0.1) is 0 Å². The van der Waals surface area contributed by atoms with Crippen LogP contribution in [0.2, 0.25) is 0 Å². The predicted molar refractivity (Wildman–Crippen MR) is 88.3 cm³/mol. The summed E-state index contributed by atoms with van der Waals surface area (Å²) in [7, 11) is 0. The van der Waals surface area contributed by atoms with Gasteiger partial charge in [-0.05, 0) is 30.2 Å². The Labute approximate surface area is 132 Å². The monoisotopic (exact) mass is 309 g/mol. The Bertz CT molecular complexity index is 913. The molecule has 2 aromatic carbocycles. The Balaban J connectivity index is 2.06. The van der Waals surface area contributed by atoms with Crippen molar-refractivity contribution in [2.24, 2.45) is 5.16 Å². The van der Waals surface area contributed by atoms with Gasteiger partial charge >= 0.3 is 5.63 Å². The minimum Gasteiger partial charge on any atom is -0.487 e. The molecule has 0 aliphatic heterocycles. The number of benzene rings is 2. The maximum Gasteiger partial charge on any atom is 0.336 e. The number of fused-ring (bicyclic) bond motifs is 1. The summed E-state index contributed by atoms with van der Waals surface area (Å²) >= 11 is 0. The van der Waals surface area contributed by atoms with Crippen molar-refractivity contribution in [1.82, 2.24) is 0 Å². The van der Waals surface area contributed by atoms with Gasteiger partial charge in [-0.3, -0.25) is 0 Å². The second-order valence-electron chi connectivity index (χ2n) is 5.13. The fourth-order valence-electron chi connectivity index (χ4n) is 2.31. The van der Waals surface area contributed by atoms with E-state index in [0.717, 1.165) is 16.5 Å². The van der Waals surface area contributed by atoms with Crippen molar-refractivity contribution >= 4 is 16.7 Å². The van der Waals surface area contributed by atoms with Crippen LogP contribution in [0.15, 0.2) is 69.0 Å². The van der Waals surface area contributed by atoms with Crippen LogP contribution in [-0.4, -0.2) is 17.5 Å². The zero-order valence-corrected chi connectivity index (χ0v) is 12.5. The van der Waals surface area contributed by atoms with Crippen LogP contribution in [0.3, 0.4) is 0 Å². The second-order valence-corrected chi connectivity index (χ2v) is 5.13. The van der Waals surface area contributed by atoms with Gasteiger partial charge in [-0.2, -0.15) is 0 Å². The molecule has 1 aromatic heterocycles. The molecule has 5 heteroatoms. The van der Waals surface area contributed by atoms with Gasteiger partial charge in [-0.1, -0.05) is 35.5 Å². The van der Waals surface area contributed by atoms with Crippen LogP contribution < -0.4 is 10.4 Å². The van der Waals surface area contributed by atoms with Crippen molar-refractivity contribution in [2.75, 3.05) is 6.61 Å². The van der Waals surface area contributed by atoms with Crippen LogP contribution in [0.1, 0.15) is 6.92 Å². The van der Waals surface area contributed by atoms with E-state index in [0.29, 0.717) is 17.0 Å². The maximum atomic E-state index is 11.8. The van der Waals surface area contributed by atoms with Gasteiger partial charge in [-0.15, -0.1) is 0 Å². The van der Waals surface area contributed by atoms with Crippen molar-refractivity contribution in [2.45, 2.75) is 6.92 Å². The van der Waals surface area contributed by atoms with Crippen molar-refractivity contribution in [3.63, 3.8) is 0 Å². The molecule has 116 valence electrons. The highest BCUT2D eigenvalue weighted by Gasteiger charge is 2.09. The lowest BCUT2D eigenvalue weighted by molar-refractivity contribution is 0.307. The first-order chi connectivity index (χ1) is 11.2. The molecule has 0 aliphatic rings. The Morgan fingerprint density at radius 3 is 2.70 bits per heavy atom. The quantitative estimate of drug-likeness (QED) is 0.345. The van der Waals surface area contributed by atoms with Crippen LogP contribution in [0.4, 0.5) is 0 Å². The lowest BCUT2D eigenvalue weighted by atomic mass is 10.0. The molecule has 1 N–H and O–H groups in total. The van der Waals surface area contributed by atoms with Crippen LogP contribution in [-0.2, 0) is 0 Å². The lowest BCUT2D eigenvalue weighted by Gasteiger charge is -2.08. The third-order valence-electron chi connectivity index (χ3n) is 3.42. The van der Waals surface area contributed by atoms with Crippen molar-refractivity contribution < 1.29 is 14.4 Å². The van der Waals surface area contributed by atoms with Gasteiger partial charge in [0.05, 0.1) is 5.71 Å². The van der Waals surface area contributed by atoms with E-state index >= 15 is 0 Å². The molecule has 23 heavy (non-hydrogen) atoms. The summed E-state index contributed by atoms with van der Waals surface area (Å²) in [6.07, 6.45) is 0. The van der Waals surface area contributed by atoms with Gasteiger partial charge in [0.1, 0.15) is 17.9 Å². The molecule has 3 aromatic rings. The Kier molecular flexibility index (Phi) is 4.10. The molecular weight excluding hydrogens is 294 g/mol. The highest BCUT2D eigenvalue weighted by molar-refractivity contribution is 5.93. The molecule has 0 unspecified atom stereocenters. The van der Waals surface area contributed by atoms with Crippen molar-refractivity contribution in [3.05, 3.63) is 65.0 Å². The first kappa shape index (κ1) is 14.8. The summed E-state index contributed by atoms with van der Waals surface area (Å²) in [5.41, 5.74) is 2.25. The summed E-state index contributed by atoms with van der Waals surface area (Å²) < 4.78 is 10.8. The largest absolute Gasteiger partial charge is 0.487 e. The van der Waals surface area contributed by atoms with E-state index in [2.05, 4.69) is 5.16 Å². The molecule has 0 bridgehead atoms. The normalized spacial score (nSPS) is 11.6. The van der Waals surface area contributed by atoms with E-state index in [-0.39, 0.29) is 6.61 Å². The number of ether oxygens (including phenoxy) is 1. The fourth-order valence-corrected chi connectivity index (χ4v) is 2.31. The smallest absolute Gasteiger partial charge is 0.336 e. The Morgan fingerprint density at radius 1 is 1.17 bits per heavy atom. The van der Waals surface area contributed by atoms with E-state index in [4.69, 9.17) is 14.4 Å². The topological polar surface area (TPSA) is 72.0 Å². The number of rotatable bonds is 4. The van der Waals surface area contributed by atoms with Gasteiger partial charge in [0, 0.05) is 17.5 Å². The SMILES string of the molecule is C/C(COc1ccc2c(-c3ccccc3)cc(=O)oc2c1)=N\O. The van der Waals surface area contributed by atoms with Gasteiger partial charge in [-0.25, -0.2) is 4.79 Å². The van der Waals surface area contributed by atoms with Crippen LogP contribution in [0.5, 0.6) is 5.75 Å². The van der Waals surface area contributed by atoms with Gasteiger partial charge in [0.25, 0.3) is 0 Å². The number of hydrogen-bond donors (Lipinski definition) is 1. The number of oxime groups is 1. The zero-order valence-electron chi connectivity index (χ0n) is 12.5. The summed E-state index contributed by atoms with van der Waals surface area (Å²) in [5, 5.41) is 12.5. The molecule has 0 atom stereocenters. The van der Waals surface area contributed by atoms with Gasteiger partial charge in [0.15, 0.2) is 0 Å². The van der Waals surface area contributed by atoms with E-state index < -0.39 is 5.63 Å². The minimum atomic E-state index is -0.415. The summed E-state index contributed by atoms with van der Waals surface area (Å²) in [6.45, 7) is 1.80. The first-order valence-corrected chi connectivity index (χ1v) is 7.11. The zero-order chi connectivity index (χ0) is 16.2. The summed E-state index contributed by atoms with van der Waals surface area (Å²) in [5.74, 6) is 0.536. The minimum absolute atomic E-state index is 0.157. The first-order valence-electron chi connectivity index (χ1n) is 7.11. The second kappa shape index (κ2) is 6.36. The van der Waals surface area contributed by atoms with Crippen LogP contribution in [0.25, 0.3) is 22.1 Å². The molecule has 0 aliphatic carbocycles. The molecule has 5 nitrogen and oxygen atoms in total. The fraction of sp³-hybridized carbons (Fsp3) is 0.111. The van der Waals surface area contributed by atoms with Crippen LogP contribution >= 0.6 is 0 Å². The van der Waals surface area contributed by atoms with Crippen molar-refractivity contribution in [3.8, 4) is 16.9 Å². The van der Waals surface area contributed by atoms with Gasteiger partial charge < -0.3 is 14.4 Å². The van der Waals surface area contributed by atoms with E-state index in [1.54, 1.807) is 19.1 Å².